The fraction of sp³-hybridized carbons (Fsp3) is 0.962. The minimum atomic E-state index is 0.0475. The molecule has 0 radical (unpaired) electrons. The van der Waals surface area contributed by atoms with Crippen LogP contribution in [0.5, 0.6) is 0 Å². The zero-order chi connectivity index (χ0) is 20.6. The summed E-state index contributed by atoms with van der Waals surface area (Å²) >= 11 is 0. The Morgan fingerprint density at radius 1 is 0.533 bits per heavy atom. The molecule has 172 valence electrons. The molecule has 0 amide bonds. The molecule has 4 heteroatoms. The number of ether oxygens (including phenoxy) is 3. The molecular weight excluding hydrogens is 376 g/mol. The number of hydrogen-bond donors (Lipinski definition) is 0. The fourth-order valence-corrected chi connectivity index (χ4v) is 6.47. The molecule has 4 aliphatic rings. The summed E-state index contributed by atoms with van der Waals surface area (Å²) in [4.78, 5) is 12.4. The second-order valence-corrected chi connectivity index (χ2v) is 10.6. The van der Waals surface area contributed by atoms with E-state index in [2.05, 4.69) is 0 Å². The first-order valence-electron chi connectivity index (χ1n) is 13.2. The van der Waals surface area contributed by atoms with Crippen LogP contribution in [0.15, 0.2) is 0 Å². The first kappa shape index (κ1) is 22.6. The normalized spacial score (nSPS) is 34.5. The Hall–Kier alpha value is -0.610. The van der Waals surface area contributed by atoms with E-state index in [1.165, 1.54) is 77.0 Å². The first-order valence-corrected chi connectivity index (χ1v) is 13.2. The average Bonchev–Trinajstić information content (AvgIpc) is 2.81. The van der Waals surface area contributed by atoms with Crippen molar-refractivity contribution in [2.45, 2.75) is 134 Å². The van der Waals surface area contributed by atoms with E-state index in [0.717, 1.165) is 50.4 Å². The van der Waals surface area contributed by atoms with E-state index in [4.69, 9.17) is 14.2 Å². The maximum absolute atomic E-state index is 12.4. The summed E-state index contributed by atoms with van der Waals surface area (Å²) in [6.07, 6.45) is 22.8. The Labute approximate surface area is 183 Å². The Balaban J connectivity index is 1.06. The zero-order valence-corrected chi connectivity index (χ0v) is 19.0. The Kier molecular flexibility index (Phi) is 8.92. The fourth-order valence-electron chi connectivity index (χ4n) is 6.47. The zero-order valence-electron chi connectivity index (χ0n) is 19.0. The monoisotopic (exact) mass is 420 g/mol. The topological polar surface area (TPSA) is 44.8 Å². The predicted octanol–water partition coefficient (Wildman–Crippen LogP) is 6.55. The van der Waals surface area contributed by atoms with Crippen molar-refractivity contribution >= 4 is 5.97 Å². The highest BCUT2D eigenvalue weighted by Gasteiger charge is 2.31. The predicted molar refractivity (Wildman–Crippen MR) is 118 cm³/mol. The lowest BCUT2D eigenvalue weighted by Crippen LogP contribution is -2.32. The highest BCUT2D eigenvalue weighted by Crippen LogP contribution is 2.39. The maximum Gasteiger partial charge on any atom is 0.309 e. The lowest BCUT2D eigenvalue weighted by molar-refractivity contribution is -0.160. The van der Waals surface area contributed by atoms with Crippen LogP contribution in [-0.2, 0) is 19.0 Å². The molecule has 0 aromatic heterocycles. The Morgan fingerprint density at radius 3 is 1.63 bits per heavy atom. The minimum absolute atomic E-state index is 0.0475. The van der Waals surface area contributed by atoms with Gasteiger partial charge in [-0.15, -0.1) is 0 Å². The quantitative estimate of drug-likeness (QED) is 0.346. The summed E-state index contributed by atoms with van der Waals surface area (Å²) in [5.41, 5.74) is 0. The van der Waals surface area contributed by atoms with Gasteiger partial charge in [-0.1, -0.05) is 38.5 Å². The molecule has 0 aliphatic heterocycles. The van der Waals surface area contributed by atoms with Crippen molar-refractivity contribution in [1.82, 2.24) is 0 Å². The first-order chi connectivity index (χ1) is 14.8. The Morgan fingerprint density at radius 2 is 1.03 bits per heavy atom. The smallest absolute Gasteiger partial charge is 0.309 e. The number of rotatable bonds is 7. The minimum Gasteiger partial charge on any atom is -0.462 e. The molecule has 0 bridgehead atoms. The van der Waals surface area contributed by atoms with Crippen molar-refractivity contribution in [3.8, 4) is 0 Å². The van der Waals surface area contributed by atoms with Gasteiger partial charge in [0.25, 0.3) is 0 Å². The van der Waals surface area contributed by atoms with Gasteiger partial charge in [0.15, 0.2) is 0 Å². The van der Waals surface area contributed by atoms with Gasteiger partial charge in [0, 0.05) is 0 Å². The van der Waals surface area contributed by atoms with Gasteiger partial charge < -0.3 is 14.2 Å². The van der Waals surface area contributed by atoms with Crippen LogP contribution in [0.1, 0.15) is 116 Å². The highest BCUT2D eigenvalue weighted by molar-refractivity contribution is 5.72. The molecule has 0 heterocycles. The summed E-state index contributed by atoms with van der Waals surface area (Å²) in [5, 5.41) is 0. The van der Waals surface area contributed by atoms with E-state index in [0.29, 0.717) is 12.9 Å². The molecule has 4 saturated carbocycles. The van der Waals surface area contributed by atoms with Crippen molar-refractivity contribution in [2.75, 3.05) is 6.79 Å². The van der Waals surface area contributed by atoms with Crippen molar-refractivity contribution < 1.29 is 19.0 Å². The van der Waals surface area contributed by atoms with E-state index in [1.54, 1.807) is 0 Å². The van der Waals surface area contributed by atoms with Gasteiger partial charge in [-0.05, 0) is 88.9 Å². The van der Waals surface area contributed by atoms with Gasteiger partial charge in [-0.2, -0.15) is 0 Å². The summed E-state index contributed by atoms with van der Waals surface area (Å²) in [7, 11) is 0. The van der Waals surface area contributed by atoms with Crippen molar-refractivity contribution in [2.24, 2.45) is 17.8 Å². The van der Waals surface area contributed by atoms with Crippen molar-refractivity contribution in [3.05, 3.63) is 0 Å². The van der Waals surface area contributed by atoms with E-state index >= 15 is 0 Å². The summed E-state index contributed by atoms with van der Waals surface area (Å²) in [6.45, 7) is 0.431. The SMILES string of the molecule is O=C(OC1CCCCC1)C1CCC(OCOC2CCC(C3CCCCC3)CC2)CC1. The Bertz CT molecular complexity index is 493. The maximum atomic E-state index is 12.4. The van der Waals surface area contributed by atoms with E-state index < -0.39 is 0 Å². The molecule has 0 unspecified atom stereocenters. The summed E-state index contributed by atoms with van der Waals surface area (Å²) in [5.74, 6) is 2.08. The molecule has 0 aromatic rings. The van der Waals surface area contributed by atoms with Crippen molar-refractivity contribution in [1.29, 1.82) is 0 Å². The lowest BCUT2D eigenvalue weighted by atomic mass is 9.73. The van der Waals surface area contributed by atoms with Crippen molar-refractivity contribution in [3.63, 3.8) is 0 Å². The molecular formula is C26H44O4. The van der Waals surface area contributed by atoms with Gasteiger partial charge in [0.2, 0.25) is 0 Å². The molecule has 30 heavy (non-hydrogen) atoms. The van der Waals surface area contributed by atoms with Crippen LogP contribution in [0.25, 0.3) is 0 Å². The van der Waals surface area contributed by atoms with Crippen LogP contribution in [0.4, 0.5) is 0 Å². The number of carbonyl (C=O) groups excluding carboxylic acids is 1. The third-order valence-corrected chi connectivity index (χ3v) is 8.49. The summed E-state index contributed by atoms with van der Waals surface area (Å²) in [6, 6.07) is 0. The van der Waals surface area contributed by atoms with Gasteiger partial charge in [0.1, 0.15) is 12.9 Å². The highest BCUT2D eigenvalue weighted by atomic mass is 16.7. The molecule has 0 N–H and O–H groups in total. The second kappa shape index (κ2) is 11.9. The largest absolute Gasteiger partial charge is 0.462 e. The number of esters is 1. The van der Waals surface area contributed by atoms with Crippen LogP contribution in [0.3, 0.4) is 0 Å². The van der Waals surface area contributed by atoms with Crippen LogP contribution in [-0.4, -0.2) is 31.1 Å². The van der Waals surface area contributed by atoms with Crippen LogP contribution in [0.2, 0.25) is 0 Å². The second-order valence-electron chi connectivity index (χ2n) is 10.6. The lowest BCUT2D eigenvalue weighted by Gasteiger charge is -2.36. The molecule has 0 aromatic carbocycles. The molecule has 4 rings (SSSR count). The van der Waals surface area contributed by atoms with Gasteiger partial charge in [-0.25, -0.2) is 0 Å². The van der Waals surface area contributed by atoms with Crippen LogP contribution in [0, 0.1) is 17.8 Å². The van der Waals surface area contributed by atoms with Crippen LogP contribution < -0.4 is 0 Å². The standard InChI is InChI=1S/C26H44O4/c27-26(30-25-9-5-2-6-10-25)22-13-17-24(18-14-22)29-19-28-23-15-11-21(12-16-23)20-7-3-1-4-8-20/h20-25H,1-19H2. The van der Waals surface area contributed by atoms with E-state index in [9.17, 15) is 4.79 Å². The average molecular weight is 421 g/mol. The van der Waals surface area contributed by atoms with Gasteiger partial charge in [0.05, 0.1) is 18.1 Å². The third kappa shape index (κ3) is 6.69. The molecule has 0 saturated heterocycles. The summed E-state index contributed by atoms with van der Waals surface area (Å²) < 4.78 is 17.9. The molecule has 4 nitrogen and oxygen atoms in total. The molecule has 0 spiro atoms. The van der Waals surface area contributed by atoms with E-state index in [-0.39, 0.29) is 24.1 Å². The molecule has 0 atom stereocenters. The third-order valence-electron chi connectivity index (χ3n) is 8.49. The van der Waals surface area contributed by atoms with Gasteiger partial charge >= 0.3 is 5.97 Å². The van der Waals surface area contributed by atoms with Crippen LogP contribution >= 0.6 is 0 Å². The molecule has 4 aliphatic carbocycles. The molecule has 4 fully saturated rings. The van der Waals surface area contributed by atoms with Gasteiger partial charge in [-0.3, -0.25) is 4.79 Å². The van der Waals surface area contributed by atoms with E-state index in [1.807, 2.05) is 0 Å². The number of hydrogen-bond acceptors (Lipinski definition) is 4. The number of carbonyl (C=O) groups is 1.